The standard InChI is InChI=1S/C17H15F3N2O/c1-11-12(14-7-2-3-9-21-14)5-4-6-13(11)16(23)22-10-8-15(22)17(18,19)20/h2-7,9,15H,8,10H2,1H3. The van der Waals surface area contributed by atoms with E-state index in [0.717, 1.165) is 10.5 Å². The summed E-state index contributed by atoms with van der Waals surface area (Å²) in [6.45, 7) is 1.87. The van der Waals surface area contributed by atoms with E-state index in [-0.39, 0.29) is 13.0 Å². The average molecular weight is 320 g/mol. The van der Waals surface area contributed by atoms with Gasteiger partial charge in [0.2, 0.25) is 0 Å². The highest BCUT2D eigenvalue weighted by molar-refractivity contribution is 5.98. The van der Waals surface area contributed by atoms with Crippen LogP contribution in [-0.2, 0) is 0 Å². The van der Waals surface area contributed by atoms with Crippen LogP contribution in [0.4, 0.5) is 13.2 Å². The second-order valence-corrected chi connectivity index (χ2v) is 5.54. The Balaban J connectivity index is 1.94. The van der Waals surface area contributed by atoms with Gasteiger partial charge < -0.3 is 4.90 Å². The predicted octanol–water partition coefficient (Wildman–Crippen LogP) is 3.83. The fraction of sp³-hybridized carbons (Fsp3) is 0.294. The quantitative estimate of drug-likeness (QED) is 0.842. The maximum absolute atomic E-state index is 12.9. The van der Waals surface area contributed by atoms with Gasteiger partial charge >= 0.3 is 6.18 Å². The fourth-order valence-corrected chi connectivity index (χ4v) is 2.79. The van der Waals surface area contributed by atoms with Gasteiger partial charge in [0.1, 0.15) is 6.04 Å². The van der Waals surface area contributed by atoms with E-state index in [0.29, 0.717) is 16.8 Å². The fourth-order valence-electron chi connectivity index (χ4n) is 2.79. The molecule has 0 saturated carbocycles. The van der Waals surface area contributed by atoms with Gasteiger partial charge in [-0.25, -0.2) is 0 Å². The number of alkyl halides is 3. The molecule has 3 nitrogen and oxygen atoms in total. The van der Waals surface area contributed by atoms with Crippen LogP contribution in [0.3, 0.4) is 0 Å². The van der Waals surface area contributed by atoms with Crippen LogP contribution in [0.5, 0.6) is 0 Å². The second-order valence-electron chi connectivity index (χ2n) is 5.54. The third kappa shape index (κ3) is 2.81. The first kappa shape index (κ1) is 15.5. The maximum atomic E-state index is 12.9. The van der Waals surface area contributed by atoms with Crippen LogP contribution in [0.25, 0.3) is 11.3 Å². The molecule has 1 amide bonds. The molecule has 0 spiro atoms. The highest BCUT2D eigenvalue weighted by atomic mass is 19.4. The molecular formula is C17H15F3N2O. The van der Waals surface area contributed by atoms with Gasteiger partial charge in [-0.3, -0.25) is 9.78 Å². The number of amides is 1. The molecule has 1 saturated heterocycles. The highest BCUT2D eigenvalue weighted by Gasteiger charge is 2.50. The predicted molar refractivity (Wildman–Crippen MR) is 79.9 cm³/mol. The summed E-state index contributed by atoms with van der Waals surface area (Å²) in [5.74, 6) is -0.575. The number of halogens is 3. The van der Waals surface area contributed by atoms with Crippen LogP contribution in [0.15, 0.2) is 42.6 Å². The SMILES string of the molecule is Cc1c(C(=O)N2CCC2C(F)(F)F)cccc1-c1ccccn1. The van der Waals surface area contributed by atoms with Gasteiger partial charge in [0.25, 0.3) is 5.91 Å². The summed E-state index contributed by atoms with van der Waals surface area (Å²) in [4.78, 5) is 17.6. The number of aromatic nitrogens is 1. The monoisotopic (exact) mass is 320 g/mol. The molecule has 23 heavy (non-hydrogen) atoms. The van der Waals surface area contributed by atoms with Crippen molar-refractivity contribution in [3.05, 3.63) is 53.7 Å². The molecule has 1 aromatic heterocycles. The zero-order valence-electron chi connectivity index (χ0n) is 12.5. The molecule has 6 heteroatoms. The lowest BCUT2D eigenvalue weighted by Crippen LogP contribution is -2.58. The van der Waals surface area contributed by atoms with Gasteiger partial charge in [0.15, 0.2) is 0 Å². The van der Waals surface area contributed by atoms with Crippen molar-refractivity contribution in [3.63, 3.8) is 0 Å². The zero-order valence-corrected chi connectivity index (χ0v) is 12.5. The molecule has 0 radical (unpaired) electrons. The van der Waals surface area contributed by atoms with Gasteiger partial charge in [-0.15, -0.1) is 0 Å². The van der Waals surface area contributed by atoms with E-state index < -0.39 is 18.1 Å². The molecule has 120 valence electrons. The molecule has 1 aromatic carbocycles. The number of carbonyl (C=O) groups is 1. The van der Waals surface area contributed by atoms with Gasteiger partial charge in [0, 0.05) is 23.9 Å². The first-order chi connectivity index (χ1) is 10.9. The van der Waals surface area contributed by atoms with Crippen LogP contribution in [0.1, 0.15) is 22.3 Å². The van der Waals surface area contributed by atoms with Gasteiger partial charge in [0.05, 0.1) is 5.69 Å². The maximum Gasteiger partial charge on any atom is 0.408 e. The van der Waals surface area contributed by atoms with Crippen molar-refractivity contribution < 1.29 is 18.0 Å². The van der Waals surface area contributed by atoms with E-state index in [4.69, 9.17) is 0 Å². The van der Waals surface area contributed by atoms with E-state index >= 15 is 0 Å². The summed E-state index contributed by atoms with van der Waals surface area (Å²) >= 11 is 0. The molecule has 3 rings (SSSR count). The van der Waals surface area contributed by atoms with Gasteiger partial charge in [-0.05, 0) is 37.1 Å². The Morgan fingerprint density at radius 2 is 2.00 bits per heavy atom. The Kier molecular flexibility index (Phi) is 3.83. The number of pyridine rings is 1. The third-order valence-corrected chi connectivity index (χ3v) is 4.16. The minimum absolute atomic E-state index is 0.0335. The third-order valence-electron chi connectivity index (χ3n) is 4.16. The number of likely N-dealkylation sites (tertiary alicyclic amines) is 1. The van der Waals surface area contributed by atoms with Crippen molar-refractivity contribution in [2.24, 2.45) is 0 Å². The molecule has 0 N–H and O–H groups in total. The van der Waals surface area contributed by atoms with Crippen molar-refractivity contribution >= 4 is 5.91 Å². The minimum atomic E-state index is -4.37. The Bertz CT molecular complexity index is 728. The molecule has 1 aliphatic rings. The lowest BCUT2D eigenvalue weighted by atomic mass is 9.95. The van der Waals surface area contributed by atoms with Crippen LogP contribution in [0, 0.1) is 6.92 Å². The molecule has 1 unspecified atom stereocenters. The molecule has 1 aliphatic heterocycles. The number of benzene rings is 1. The van der Waals surface area contributed by atoms with Crippen molar-refractivity contribution in [2.75, 3.05) is 6.54 Å². The van der Waals surface area contributed by atoms with E-state index in [2.05, 4.69) is 4.98 Å². The van der Waals surface area contributed by atoms with Gasteiger partial charge in [-0.1, -0.05) is 18.2 Å². The van der Waals surface area contributed by atoms with Crippen LogP contribution in [0.2, 0.25) is 0 Å². The van der Waals surface area contributed by atoms with Crippen LogP contribution in [-0.4, -0.2) is 34.6 Å². The number of carbonyl (C=O) groups excluding carboxylic acids is 1. The van der Waals surface area contributed by atoms with E-state index in [9.17, 15) is 18.0 Å². The van der Waals surface area contributed by atoms with E-state index in [1.807, 2.05) is 12.1 Å². The first-order valence-corrected chi connectivity index (χ1v) is 7.28. The number of rotatable bonds is 2. The Morgan fingerprint density at radius 3 is 2.57 bits per heavy atom. The summed E-state index contributed by atoms with van der Waals surface area (Å²) in [5, 5.41) is 0. The zero-order chi connectivity index (χ0) is 16.6. The Hall–Kier alpha value is -2.37. The van der Waals surface area contributed by atoms with Crippen molar-refractivity contribution in [1.29, 1.82) is 0 Å². The van der Waals surface area contributed by atoms with Crippen molar-refractivity contribution in [3.8, 4) is 11.3 Å². The van der Waals surface area contributed by atoms with Gasteiger partial charge in [-0.2, -0.15) is 13.2 Å². The molecule has 0 bridgehead atoms. The molecule has 2 heterocycles. The van der Waals surface area contributed by atoms with Crippen molar-refractivity contribution in [2.45, 2.75) is 25.6 Å². The summed E-state index contributed by atoms with van der Waals surface area (Å²) in [5.41, 5.74) is 2.38. The number of nitrogens with zero attached hydrogens (tertiary/aromatic N) is 2. The summed E-state index contributed by atoms with van der Waals surface area (Å²) in [6, 6.07) is 8.79. The molecule has 2 aromatic rings. The first-order valence-electron chi connectivity index (χ1n) is 7.28. The number of hydrogen-bond donors (Lipinski definition) is 0. The highest BCUT2D eigenvalue weighted by Crippen LogP contribution is 2.35. The van der Waals surface area contributed by atoms with Crippen LogP contribution >= 0.6 is 0 Å². The minimum Gasteiger partial charge on any atom is -0.326 e. The van der Waals surface area contributed by atoms with Crippen molar-refractivity contribution in [1.82, 2.24) is 9.88 Å². The molecular weight excluding hydrogens is 305 g/mol. The average Bonchev–Trinajstić information content (AvgIpc) is 2.45. The smallest absolute Gasteiger partial charge is 0.326 e. The Morgan fingerprint density at radius 1 is 1.22 bits per heavy atom. The second kappa shape index (κ2) is 5.68. The Labute approximate surface area is 131 Å². The number of hydrogen-bond acceptors (Lipinski definition) is 2. The lowest BCUT2D eigenvalue weighted by Gasteiger charge is -2.42. The summed E-state index contributed by atoms with van der Waals surface area (Å²) in [7, 11) is 0. The lowest BCUT2D eigenvalue weighted by molar-refractivity contribution is -0.199. The van der Waals surface area contributed by atoms with E-state index in [1.165, 1.54) is 0 Å². The van der Waals surface area contributed by atoms with Crippen LogP contribution < -0.4 is 0 Å². The molecule has 1 fully saturated rings. The normalized spacial score (nSPS) is 17.7. The topological polar surface area (TPSA) is 33.2 Å². The molecule has 0 aliphatic carbocycles. The summed E-state index contributed by atoms with van der Waals surface area (Å²) < 4.78 is 38.6. The molecule has 1 atom stereocenters. The van der Waals surface area contributed by atoms with E-state index in [1.54, 1.807) is 37.4 Å². The summed E-state index contributed by atoms with van der Waals surface area (Å²) in [6.07, 6.45) is -2.77. The largest absolute Gasteiger partial charge is 0.408 e.